The molecule has 1 fully saturated rings. The Morgan fingerprint density at radius 3 is 2.45 bits per heavy atom. The van der Waals surface area contributed by atoms with Gasteiger partial charge in [-0.1, -0.05) is 30.3 Å². The van der Waals surface area contributed by atoms with Crippen LogP contribution in [-0.2, 0) is 0 Å². The number of likely N-dealkylation sites (tertiary alicyclic amines) is 1. The number of para-hydroxylation sites is 3. The van der Waals surface area contributed by atoms with Crippen LogP contribution in [0.2, 0.25) is 0 Å². The van der Waals surface area contributed by atoms with Crippen LogP contribution in [0.4, 0.5) is 0 Å². The number of aryl methyl sites for hydroxylation is 1. The lowest BCUT2D eigenvalue weighted by molar-refractivity contribution is 0.0707. The Morgan fingerprint density at radius 1 is 0.909 bits per heavy atom. The number of rotatable bonds is 3. The molecular weight excluding hydrogens is 412 g/mol. The van der Waals surface area contributed by atoms with E-state index in [-0.39, 0.29) is 11.8 Å². The van der Waals surface area contributed by atoms with E-state index in [1.54, 1.807) is 0 Å². The van der Waals surface area contributed by atoms with Gasteiger partial charge in [0.05, 0.1) is 11.0 Å². The van der Waals surface area contributed by atoms with E-state index >= 15 is 0 Å². The number of imidazole rings is 1. The lowest BCUT2D eigenvalue weighted by Gasteiger charge is -2.30. The molecule has 1 saturated heterocycles. The number of fused-ring (bicyclic) bond motifs is 2. The first-order valence-electron chi connectivity index (χ1n) is 11.4. The molecule has 1 aliphatic heterocycles. The van der Waals surface area contributed by atoms with E-state index in [9.17, 15) is 4.79 Å². The molecule has 6 heteroatoms. The molecule has 0 aliphatic carbocycles. The molecule has 1 amide bonds. The summed E-state index contributed by atoms with van der Waals surface area (Å²) in [4.78, 5) is 24.5. The van der Waals surface area contributed by atoms with Gasteiger partial charge in [0, 0.05) is 30.3 Å². The number of amides is 1. The van der Waals surface area contributed by atoms with Crippen LogP contribution in [-0.4, -0.2) is 38.4 Å². The van der Waals surface area contributed by atoms with Gasteiger partial charge in [0.15, 0.2) is 11.5 Å². The number of benzene rings is 3. The molecule has 0 spiro atoms. The maximum atomic E-state index is 13.2. The Hall–Kier alpha value is -3.93. The topological polar surface area (TPSA) is 64.2 Å². The van der Waals surface area contributed by atoms with Gasteiger partial charge in [-0.15, -0.1) is 0 Å². The number of piperidine rings is 1. The van der Waals surface area contributed by atoms with Crippen molar-refractivity contribution in [1.29, 1.82) is 0 Å². The summed E-state index contributed by atoms with van der Waals surface area (Å²) in [6.45, 7) is 3.38. The average Bonchev–Trinajstić information content (AvgIpc) is 3.44. The molecule has 6 nitrogen and oxygen atoms in total. The second-order valence-corrected chi connectivity index (χ2v) is 8.62. The zero-order valence-corrected chi connectivity index (χ0v) is 18.4. The Morgan fingerprint density at radius 2 is 1.67 bits per heavy atom. The summed E-state index contributed by atoms with van der Waals surface area (Å²) in [5.74, 6) is 1.99. The number of carbonyl (C=O) groups is 1. The first-order chi connectivity index (χ1) is 16.2. The Labute approximate surface area is 191 Å². The van der Waals surface area contributed by atoms with Crippen molar-refractivity contribution in [3.8, 4) is 5.69 Å². The molecule has 0 unspecified atom stereocenters. The number of oxazole rings is 1. The molecule has 33 heavy (non-hydrogen) atoms. The third-order valence-corrected chi connectivity index (χ3v) is 6.53. The summed E-state index contributed by atoms with van der Waals surface area (Å²) in [6.07, 6.45) is 1.70. The van der Waals surface area contributed by atoms with Gasteiger partial charge in [0.2, 0.25) is 0 Å². The molecule has 0 radical (unpaired) electrons. The van der Waals surface area contributed by atoms with Crippen molar-refractivity contribution in [2.45, 2.75) is 25.7 Å². The minimum absolute atomic E-state index is 0.0554. The smallest absolute Gasteiger partial charge is 0.253 e. The number of aromatic nitrogens is 3. The van der Waals surface area contributed by atoms with Gasteiger partial charge in [-0.25, -0.2) is 9.97 Å². The minimum atomic E-state index is 0.0554. The zero-order valence-electron chi connectivity index (χ0n) is 18.4. The maximum absolute atomic E-state index is 13.2. The summed E-state index contributed by atoms with van der Waals surface area (Å²) >= 11 is 0. The molecule has 164 valence electrons. The van der Waals surface area contributed by atoms with Crippen molar-refractivity contribution in [2.75, 3.05) is 13.1 Å². The van der Waals surface area contributed by atoms with Crippen molar-refractivity contribution in [3.63, 3.8) is 0 Å². The lowest BCUT2D eigenvalue weighted by atomic mass is 9.96. The SMILES string of the molecule is Cc1nc2cc(C(=O)N3CCC(c4nc5ccccc5o4)CC3)ccc2n1-c1ccccc1. The number of hydrogen-bond donors (Lipinski definition) is 0. The summed E-state index contributed by atoms with van der Waals surface area (Å²) in [5.41, 5.74) is 5.31. The Bertz CT molecular complexity index is 1430. The molecule has 1 aliphatic rings. The first kappa shape index (κ1) is 19.7. The molecule has 6 rings (SSSR count). The fraction of sp³-hybridized carbons (Fsp3) is 0.222. The molecule has 5 aromatic rings. The molecule has 3 heterocycles. The Balaban J connectivity index is 1.20. The van der Waals surface area contributed by atoms with Gasteiger partial charge >= 0.3 is 0 Å². The third kappa shape index (κ3) is 3.48. The van der Waals surface area contributed by atoms with Crippen molar-refractivity contribution in [1.82, 2.24) is 19.4 Å². The number of nitrogens with zero attached hydrogens (tertiary/aromatic N) is 4. The summed E-state index contributed by atoms with van der Waals surface area (Å²) in [7, 11) is 0. The van der Waals surface area contributed by atoms with E-state index in [4.69, 9.17) is 9.40 Å². The standard InChI is InChI=1S/C27H24N4O2/c1-18-28-23-17-20(11-12-24(23)31(18)21-7-3-2-4-8-21)27(32)30-15-13-19(14-16-30)26-29-22-9-5-6-10-25(22)33-26/h2-12,17,19H,13-16H2,1H3. The van der Waals surface area contributed by atoms with Gasteiger partial charge < -0.3 is 9.32 Å². The van der Waals surface area contributed by atoms with Gasteiger partial charge in [0.25, 0.3) is 5.91 Å². The summed E-state index contributed by atoms with van der Waals surface area (Å²) in [6, 6.07) is 23.8. The van der Waals surface area contributed by atoms with E-state index in [0.717, 1.165) is 52.4 Å². The summed E-state index contributed by atoms with van der Waals surface area (Å²) < 4.78 is 8.08. The van der Waals surface area contributed by atoms with E-state index in [0.29, 0.717) is 18.7 Å². The predicted octanol–water partition coefficient (Wildman–Crippen LogP) is 5.49. The molecule has 0 saturated carbocycles. The fourth-order valence-corrected chi connectivity index (χ4v) is 4.81. The van der Waals surface area contributed by atoms with Crippen LogP contribution in [0.15, 0.2) is 77.2 Å². The number of carbonyl (C=O) groups excluding carboxylic acids is 1. The van der Waals surface area contributed by atoms with Crippen LogP contribution in [0.3, 0.4) is 0 Å². The van der Waals surface area contributed by atoms with Gasteiger partial charge in [-0.05, 0) is 62.2 Å². The van der Waals surface area contributed by atoms with Crippen LogP contribution in [0.5, 0.6) is 0 Å². The molecule has 0 bridgehead atoms. The van der Waals surface area contributed by atoms with Gasteiger partial charge in [-0.2, -0.15) is 0 Å². The molecular formula is C27H24N4O2. The number of hydrogen-bond acceptors (Lipinski definition) is 4. The lowest BCUT2D eigenvalue weighted by Crippen LogP contribution is -2.38. The van der Waals surface area contributed by atoms with Crippen molar-refractivity contribution in [2.24, 2.45) is 0 Å². The highest BCUT2D eigenvalue weighted by Gasteiger charge is 2.28. The van der Waals surface area contributed by atoms with E-state index < -0.39 is 0 Å². The van der Waals surface area contributed by atoms with E-state index in [1.165, 1.54) is 0 Å². The van der Waals surface area contributed by atoms with Crippen LogP contribution < -0.4 is 0 Å². The Kier molecular flexibility index (Phi) is 4.72. The third-order valence-electron chi connectivity index (χ3n) is 6.53. The first-order valence-corrected chi connectivity index (χ1v) is 11.4. The monoisotopic (exact) mass is 436 g/mol. The minimum Gasteiger partial charge on any atom is -0.440 e. The quantitative estimate of drug-likeness (QED) is 0.375. The zero-order chi connectivity index (χ0) is 22.4. The maximum Gasteiger partial charge on any atom is 0.253 e. The average molecular weight is 437 g/mol. The highest BCUT2D eigenvalue weighted by Crippen LogP contribution is 2.31. The van der Waals surface area contributed by atoms with Gasteiger partial charge in [-0.3, -0.25) is 9.36 Å². The molecule has 0 atom stereocenters. The van der Waals surface area contributed by atoms with E-state index in [2.05, 4.69) is 21.7 Å². The molecule has 3 aromatic carbocycles. The van der Waals surface area contributed by atoms with Crippen LogP contribution in [0.25, 0.3) is 27.8 Å². The second kappa shape index (κ2) is 7.89. The summed E-state index contributed by atoms with van der Waals surface area (Å²) in [5, 5.41) is 0. The van der Waals surface area contributed by atoms with Crippen molar-refractivity contribution in [3.05, 3.63) is 90.1 Å². The highest BCUT2D eigenvalue weighted by atomic mass is 16.3. The van der Waals surface area contributed by atoms with Crippen molar-refractivity contribution < 1.29 is 9.21 Å². The van der Waals surface area contributed by atoms with Crippen LogP contribution in [0, 0.1) is 6.92 Å². The normalized spacial score (nSPS) is 14.9. The molecule has 0 N–H and O–H groups in total. The molecule has 2 aromatic heterocycles. The second-order valence-electron chi connectivity index (χ2n) is 8.62. The fourth-order valence-electron chi connectivity index (χ4n) is 4.81. The van der Waals surface area contributed by atoms with Crippen molar-refractivity contribution >= 4 is 28.0 Å². The highest BCUT2D eigenvalue weighted by molar-refractivity contribution is 5.97. The predicted molar refractivity (Wildman–Crippen MR) is 128 cm³/mol. The van der Waals surface area contributed by atoms with Gasteiger partial charge in [0.1, 0.15) is 11.3 Å². The van der Waals surface area contributed by atoms with E-state index in [1.807, 2.05) is 72.5 Å². The largest absolute Gasteiger partial charge is 0.440 e. The van der Waals surface area contributed by atoms with Crippen LogP contribution >= 0.6 is 0 Å². The van der Waals surface area contributed by atoms with Crippen LogP contribution in [0.1, 0.15) is 40.8 Å².